The highest BCUT2D eigenvalue weighted by atomic mass is 35.5. The first-order valence-electron chi connectivity index (χ1n) is 8.05. The Morgan fingerprint density at radius 2 is 1.96 bits per heavy atom. The summed E-state index contributed by atoms with van der Waals surface area (Å²) in [6.07, 6.45) is -3.57. The molecule has 1 amide bonds. The molecular formula is C16H17ClF4N2O5. The zero-order chi connectivity index (χ0) is 21.1. The molecule has 2 saturated heterocycles. The van der Waals surface area contributed by atoms with E-state index in [1.54, 1.807) is 0 Å². The number of aliphatic carboxylic acids is 1. The molecule has 0 aromatic heterocycles. The third-order valence-electron chi connectivity index (χ3n) is 4.12. The monoisotopic (exact) mass is 428 g/mol. The number of carbonyl (C=O) groups excluding carboxylic acids is 1. The summed E-state index contributed by atoms with van der Waals surface area (Å²) in [4.78, 5) is 20.7. The number of carbonyl (C=O) groups is 2. The molecule has 12 heteroatoms. The molecule has 0 aliphatic carbocycles. The Kier molecular flexibility index (Phi) is 7.07. The van der Waals surface area contributed by atoms with Crippen molar-refractivity contribution in [2.75, 3.05) is 6.61 Å². The number of fused-ring (bicyclic) bond motifs is 2. The lowest BCUT2D eigenvalue weighted by Crippen LogP contribution is -2.47. The van der Waals surface area contributed by atoms with Crippen LogP contribution in [0.4, 0.5) is 17.6 Å². The van der Waals surface area contributed by atoms with Crippen LogP contribution < -0.4 is 15.8 Å². The molecule has 4 atom stereocenters. The number of nitrogens with one attached hydrogen (secondary N) is 1. The fraction of sp³-hybridized carbons (Fsp3) is 0.500. The van der Waals surface area contributed by atoms with E-state index in [9.17, 15) is 22.4 Å². The SMILES string of the molecule is NC1CC2OC1CC2NC(=O)COc1ccc(Cl)c(F)c1.O=C(O)C(F)(F)F. The molecular weight excluding hydrogens is 412 g/mol. The third-order valence-corrected chi connectivity index (χ3v) is 4.42. The average molecular weight is 429 g/mol. The molecule has 156 valence electrons. The molecule has 2 heterocycles. The van der Waals surface area contributed by atoms with Gasteiger partial charge in [0.15, 0.2) is 6.61 Å². The maximum atomic E-state index is 13.2. The lowest BCUT2D eigenvalue weighted by atomic mass is 9.92. The van der Waals surface area contributed by atoms with E-state index in [4.69, 9.17) is 36.7 Å². The van der Waals surface area contributed by atoms with E-state index in [0.717, 1.165) is 18.9 Å². The number of carboxylic acids is 1. The van der Waals surface area contributed by atoms with Gasteiger partial charge in [0.25, 0.3) is 5.91 Å². The molecule has 0 radical (unpaired) electrons. The minimum absolute atomic E-state index is 0.0121. The lowest BCUT2D eigenvalue weighted by Gasteiger charge is -2.23. The number of amides is 1. The lowest BCUT2D eigenvalue weighted by molar-refractivity contribution is -0.192. The predicted octanol–water partition coefficient (Wildman–Crippen LogP) is 1.86. The van der Waals surface area contributed by atoms with Gasteiger partial charge < -0.3 is 25.6 Å². The van der Waals surface area contributed by atoms with E-state index in [0.29, 0.717) is 0 Å². The van der Waals surface area contributed by atoms with Gasteiger partial charge >= 0.3 is 12.1 Å². The molecule has 1 aromatic carbocycles. The van der Waals surface area contributed by atoms with E-state index in [2.05, 4.69) is 5.32 Å². The van der Waals surface area contributed by atoms with Gasteiger partial charge in [0.2, 0.25) is 0 Å². The van der Waals surface area contributed by atoms with E-state index < -0.39 is 18.0 Å². The molecule has 2 bridgehead atoms. The molecule has 28 heavy (non-hydrogen) atoms. The Bertz CT molecular complexity index is 731. The van der Waals surface area contributed by atoms with Crippen LogP contribution >= 0.6 is 11.6 Å². The maximum Gasteiger partial charge on any atom is 0.490 e. The average Bonchev–Trinajstić information content (AvgIpc) is 3.14. The molecule has 3 rings (SSSR count). The zero-order valence-electron chi connectivity index (χ0n) is 14.2. The van der Waals surface area contributed by atoms with Crippen molar-refractivity contribution in [3.05, 3.63) is 29.0 Å². The van der Waals surface area contributed by atoms with E-state index in [-0.39, 0.29) is 47.6 Å². The summed E-state index contributed by atoms with van der Waals surface area (Å²) in [6, 6.07) is 4.09. The van der Waals surface area contributed by atoms with Crippen molar-refractivity contribution in [2.24, 2.45) is 5.73 Å². The summed E-state index contributed by atoms with van der Waals surface area (Å²) in [7, 11) is 0. The molecule has 4 N–H and O–H groups in total. The third kappa shape index (κ3) is 5.94. The largest absolute Gasteiger partial charge is 0.490 e. The van der Waals surface area contributed by atoms with Crippen LogP contribution in [0, 0.1) is 5.82 Å². The van der Waals surface area contributed by atoms with Gasteiger partial charge in [-0.15, -0.1) is 0 Å². The topological polar surface area (TPSA) is 111 Å². The van der Waals surface area contributed by atoms with Crippen LogP contribution in [0.5, 0.6) is 5.75 Å². The second kappa shape index (κ2) is 8.93. The smallest absolute Gasteiger partial charge is 0.484 e. The second-order valence-corrected chi connectivity index (χ2v) is 6.60. The molecule has 2 aliphatic rings. The Morgan fingerprint density at radius 3 is 2.43 bits per heavy atom. The molecule has 4 unspecified atom stereocenters. The van der Waals surface area contributed by atoms with Crippen LogP contribution in [0.1, 0.15) is 12.8 Å². The predicted molar refractivity (Wildman–Crippen MR) is 88.4 cm³/mol. The van der Waals surface area contributed by atoms with Crippen LogP contribution in [0.25, 0.3) is 0 Å². The number of hydrogen-bond donors (Lipinski definition) is 3. The first kappa shape index (κ1) is 22.2. The molecule has 1 aromatic rings. The minimum Gasteiger partial charge on any atom is -0.484 e. The number of carboxylic acid groups (broad SMARTS) is 1. The summed E-state index contributed by atoms with van der Waals surface area (Å²) < 4.78 is 55.8. The number of ether oxygens (including phenoxy) is 2. The van der Waals surface area contributed by atoms with Gasteiger partial charge in [-0.1, -0.05) is 11.6 Å². The summed E-state index contributed by atoms with van der Waals surface area (Å²) >= 11 is 5.57. The highest BCUT2D eigenvalue weighted by molar-refractivity contribution is 6.30. The van der Waals surface area contributed by atoms with Crippen molar-refractivity contribution in [1.82, 2.24) is 5.32 Å². The van der Waals surface area contributed by atoms with Crippen LogP contribution in [0.15, 0.2) is 18.2 Å². The Balaban J connectivity index is 0.000000345. The first-order chi connectivity index (χ1) is 13.0. The van der Waals surface area contributed by atoms with Crippen LogP contribution in [0.2, 0.25) is 5.02 Å². The number of hydrogen-bond acceptors (Lipinski definition) is 5. The Hall–Kier alpha value is -2.11. The van der Waals surface area contributed by atoms with Crippen LogP contribution in [0.3, 0.4) is 0 Å². The standard InChI is InChI=1S/C14H16ClFN2O3.C2HF3O2/c15-8-2-1-7(3-9(8)16)20-6-14(19)18-11-5-12-10(17)4-13(11)21-12;3-2(4,5)1(6)7/h1-3,10-13H,4-6,17H2,(H,18,19);(H,6,7). The second-order valence-electron chi connectivity index (χ2n) is 6.19. The van der Waals surface area contributed by atoms with Gasteiger partial charge in [0.1, 0.15) is 11.6 Å². The number of benzene rings is 1. The quantitative estimate of drug-likeness (QED) is 0.631. The number of halogens is 5. The van der Waals surface area contributed by atoms with Gasteiger partial charge in [-0.05, 0) is 25.0 Å². The van der Waals surface area contributed by atoms with Gasteiger partial charge in [-0.3, -0.25) is 4.79 Å². The first-order valence-corrected chi connectivity index (χ1v) is 8.43. The summed E-state index contributed by atoms with van der Waals surface area (Å²) in [5, 5.41) is 10.0. The zero-order valence-corrected chi connectivity index (χ0v) is 15.0. The van der Waals surface area contributed by atoms with Crippen molar-refractivity contribution in [3.63, 3.8) is 0 Å². The fourth-order valence-electron chi connectivity index (χ4n) is 2.81. The highest BCUT2D eigenvalue weighted by Crippen LogP contribution is 2.33. The summed E-state index contributed by atoms with van der Waals surface area (Å²) in [5.41, 5.74) is 5.87. The highest BCUT2D eigenvalue weighted by Gasteiger charge is 2.46. The Morgan fingerprint density at radius 1 is 1.32 bits per heavy atom. The van der Waals surface area contributed by atoms with Crippen molar-refractivity contribution in [3.8, 4) is 5.75 Å². The van der Waals surface area contributed by atoms with Crippen LogP contribution in [-0.4, -0.2) is 54.1 Å². The van der Waals surface area contributed by atoms with Crippen molar-refractivity contribution in [2.45, 2.75) is 43.3 Å². The minimum atomic E-state index is -5.08. The van der Waals surface area contributed by atoms with E-state index in [1.807, 2.05) is 0 Å². The van der Waals surface area contributed by atoms with Gasteiger partial charge in [0, 0.05) is 12.1 Å². The van der Waals surface area contributed by atoms with Crippen molar-refractivity contribution >= 4 is 23.5 Å². The van der Waals surface area contributed by atoms with Gasteiger partial charge in [-0.25, -0.2) is 9.18 Å². The van der Waals surface area contributed by atoms with E-state index in [1.165, 1.54) is 12.1 Å². The normalized spacial score (nSPS) is 25.6. The summed E-state index contributed by atoms with van der Waals surface area (Å²) in [6.45, 7) is -0.180. The fourth-order valence-corrected chi connectivity index (χ4v) is 2.93. The Labute approximate surface area is 161 Å². The van der Waals surface area contributed by atoms with Gasteiger partial charge in [-0.2, -0.15) is 13.2 Å². The van der Waals surface area contributed by atoms with Crippen LogP contribution in [-0.2, 0) is 14.3 Å². The molecule has 2 aliphatic heterocycles. The van der Waals surface area contributed by atoms with Crippen molar-refractivity contribution < 1.29 is 41.7 Å². The van der Waals surface area contributed by atoms with E-state index >= 15 is 0 Å². The maximum absolute atomic E-state index is 13.2. The summed E-state index contributed by atoms with van der Waals surface area (Å²) in [5.74, 6) is -3.34. The number of nitrogens with two attached hydrogens (primary N) is 1. The number of alkyl halides is 3. The molecule has 2 fully saturated rings. The molecule has 0 saturated carbocycles. The molecule has 7 nitrogen and oxygen atoms in total. The van der Waals surface area contributed by atoms with Gasteiger partial charge in [0.05, 0.1) is 23.3 Å². The molecule has 0 spiro atoms. The van der Waals surface area contributed by atoms with Crippen molar-refractivity contribution in [1.29, 1.82) is 0 Å². The number of rotatable bonds is 4.